The van der Waals surface area contributed by atoms with E-state index in [1.807, 2.05) is 79.4 Å². The minimum Gasteiger partial charge on any atom is -0.497 e. The van der Waals surface area contributed by atoms with E-state index in [-0.39, 0.29) is 39.5 Å². The van der Waals surface area contributed by atoms with Crippen molar-refractivity contribution in [2.45, 2.75) is 82.8 Å². The summed E-state index contributed by atoms with van der Waals surface area (Å²) in [4.78, 5) is 23.5. The molecule has 3 aromatic carbocycles. The van der Waals surface area contributed by atoms with Crippen molar-refractivity contribution in [2.75, 3.05) is 43.5 Å². The van der Waals surface area contributed by atoms with Gasteiger partial charge in [0.2, 0.25) is 5.88 Å². The fraction of sp³-hybridized carbons (Fsp3) is 0.354. The van der Waals surface area contributed by atoms with Crippen LogP contribution in [0, 0.1) is 12.7 Å². The molecule has 2 aliphatic rings. The van der Waals surface area contributed by atoms with Crippen molar-refractivity contribution in [3.8, 4) is 28.6 Å². The van der Waals surface area contributed by atoms with E-state index >= 15 is 17.6 Å². The molecule has 4 aromatic heterocycles. The highest BCUT2D eigenvalue weighted by atomic mass is 32.2. The lowest BCUT2D eigenvalue weighted by molar-refractivity contribution is -0.137. The molecule has 7 aromatic rings. The molecular formula is C48H48F4N8O4S. The van der Waals surface area contributed by atoms with Gasteiger partial charge in [-0.05, 0) is 99.4 Å². The van der Waals surface area contributed by atoms with Crippen molar-refractivity contribution >= 4 is 45.2 Å². The van der Waals surface area contributed by atoms with E-state index in [0.717, 1.165) is 41.0 Å². The molecule has 3 atom stereocenters. The third-order valence-corrected chi connectivity index (χ3v) is 12.7. The van der Waals surface area contributed by atoms with Gasteiger partial charge in [-0.2, -0.15) is 18.3 Å². The van der Waals surface area contributed by atoms with Crippen LogP contribution in [0.4, 0.5) is 29.2 Å². The summed E-state index contributed by atoms with van der Waals surface area (Å²) < 4.78 is 88.2. The predicted octanol–water partition coefficient (Wildman–Crippen LogP) is 10.9. The Morgan fingerprint density at radius 3 is 2.26 bits per heavy atom. The minimum atomic E-state index is -4.87. The number of anilines is 2. The highest BCUT2D eigenvalue weighted by Gasteiger charge is 2.41. The average Bonchev–Trinajstić information content (AvgIpc) is 3.68. The second-order valence-corrected chi connectivity index (χ2v) is 17.1. The minimum absolute atomic E-state index is 0.0474. The first-order valence-corrected chi connectivity index (χ1v) is 22.6. The van der Waals surface area contributed by atoms with Crippen molar-refractivity contribution in [3.05, 3.63) is 113 Å². The summed E-state index contributed by atoms with van der Waals surface area (Å²) in [6.45, 7) is 6.90. The van der Waals surface area contributed by atoms with Gasteiger partial charge in [-0.25, -0.2) is 29.0 Å². The number of aryl methyl sites for hydroxylation is 1. The van der Waals surface area contributed by atoms with Crippen molar-refractivity contribution < 1.29 is 36.5 Å². The Balaban J connectivity index is 1.19. The van der Waals surface area contributed by atoms with Crippen molar-refractivity contribution in [1.82, 2.24) is 29.7 Å². The molecular weight excluding hydrogens is 861 g/mol. The summed E-state index contributed by atoms with van der Waals surface area (Å²) in [5.74, 6) is 1.43. The third kappa shape index (κ3) is 8.35. The van der Waals surface area contributed by atoms with Gasteiger partial charge in [-0.1, -0.05) is 42.1 Å². The Morgan fingerprint density at radius 1 is 0.954 bits per heavy atom. The van der Waals surface area contributed by atoms with E-state index < -0.39 is 47.1 Å². The third-order valence-electron chi connectivity index (χ3n) is 12.2. The largest absolute Gasteiger partial charge is 0.497 e. The molecule has 338 valence electrons. The molecule has 0 N–H and O–H groups in total. The van der Waals surface area contributed by atoms with Gasteiger partial charge < -0.3 is 28.7 Å². The average molecular weight is 909 g/mol. The molecule has 2 unspecified atom stereocenters. The second kappa shape index (κ2) is 18.0. The molecule has 9 rings (SSSR count). The van der Waals surface area contributed by atoms with Gasteiger partial charge in [0.15, 0.2) is 17.2 Å². The number of methoxy groups -OCH3 is 2. The number of fused-ring (bicyclic) bond motifs is 1. The maximum absolute atomic E-state index is 17.7. The fourth-order valence-electron chi connectivity index (χ4n) is 9.04. The van der Waals surface area contributed by atoms with Crippen LogP contribution in [0.5, 0.6) is 17.4 Å². The standard InChI is InChI=1S/C48H48F4N8O4S/c1-27-22-36-35(23-54-60(36)37-11-7-8-21-63-37)38(40(27)48(50,51)52)42-41(49)43-39-45(57-47(56-43)65-6)59(28(2)26-64-46(39)55-42)29(3)34-10-9-20-53-44(34)58(24-30-12-16-32(61-4)17-13-30)25-31-14-18-33(62-5)19-15-31/h9-10,12-20,22-23,28-29,37H,7-8,11,21,24-26H2,1-6H3/t28-,29?,37?/m0/s1. The van der Waals surface area contributed by atoms with E-state index in [0.29, 0.717) is 43.3 Å². The highest BCUT2D eigenvalue weighted by molar-refractivity contribution is 7.98. The number of ether oxygens (including phenoxy) is 4. The molecule has 65 heavy (non-hydrogen) atoms. The van der Waals surface area contributed by atoms with Gasteiger partial charge in [-0.15, -0.1) is 0 Å². The summed E-state index contributed by atoms with van der Waals surface area (Å²) >= 11 is 1.20. The van der Waals surface area contributed by atoms with Crippen LogP contribution in [0.2, 0.25) is 0 Å². The van der Waals surface area contributed by atoms with Crippen LogP contribution in [0.25, 0.3) is 33.1 Å². The number of hydrogen-bond acceptors (Lipinski definition) is 12. The van der Waals surface area contributed by atoms with E-state index in [4.69, 9.17) is 28.9 Å². The summed E-state index contributed by atoms with van der Waals surface area (Å²) in [5.41, 5.74) is 1.00. The first-order valence-electron chi connectivity index (χ1n) is 21.4. The smallest absolute Gasteiger partial charge is 0.417 e. The van der Waals surface area contributed by atoms with Crippen LogP contribution >= 0.6 is 11.8 Å². The number of benzene rings is 3. The summed E-state index contributed by atoms with van der Waals surface area (Å²) in [6, 6.07) is 20.2. The molecule has 1 saturated heterocycles. The number of pyridine rings is 2. The van der Waals surface area contributed by atoms with E-state index in [9.17, 15) is 0 Å². The van der Waals surface area contributed by atoms with Crippen LogP contribution in [0.3, 0.4) is 0 Å². The number of hydrogen-bond donors (Lipinski definition) is 0. The lowest BCUT2D eigenvalue weighted by Crippen LogP contribution is -2.39. The van der Waals surface area contributed by atoms with Crippen molar-refractivity contribution in [1.29, 1.82) is 0 Å². The molecule has 12 nitrogen and oxygen atoms in total. The van der Waals surface area contributed by atoms with Crippen LogP contribution in [-0.4, -0.2) is 69.4 Å². The number of halogens is 4. The Hall–Kier alpha value is -6.20. The lowest BCUT2D eigenvalue weighted by Gasteiger charge is -2.37. The molecule has 17 heteroatoms. The van der Waals surface area contributed by atoms with Gasteiger partial charge in [0.05, 0.1) is 43.6 Å². The maximum atomic E-state index is 17.7. The first-order chi connectivity index (χ1) is 31.4. The number of alkyl halides is 3. The number of thioether (sulfide) groups is 1. The molecule has 0 spiro atoms. The molecule has 6 heterocycles. The Morgan fingerprint density at radius 2 is 1.65 bits per heavy atom. The van der Waals surface area contributed by atoms with Gasteiger partial charge in [-0.3, -0.25) is 0 Å². The Bertz CT molecular complexity index is 2810. The highest BCUT2D eigenvalue weighted by Crippen LogP contribution is 2.48. The SMILES string of the molecule is COc1ccc(CN(Cc2ccc(OC)cc2)c2ncccc2C(C)N2c3nc(SC)nc4c(F)c(-c5c(C(F)(F)F)c(C)cc6c5cnn6C5CCCCO5)nc(c34)OC[C@@H]2C)cc1. The summed E-state index contributed by atoms with van der Waals surface area (Å²) in [5, 5.41) is 4.97. The Labute approximate surface area is 377 Å². The van der Waals surface area contributed by atoms with E-state index in [2.05, 4.69) is 20.0 Å². The van der Waals surface area contributed by atoms with Gasteiger partial charge >= 0.3 is 6.18 Å². The van der Waals surface area contributed by atoms with Crippen molar-refractivity contribution in [2.24, 2.45) is 0 Å². The summed E-state index contributed by atoms with van der Waals surface area (Å²) in [6.07, 6.45) is 1.91. The predicted molar refractivity (Wildman–Crippen MR) is 242 cm³/mol. The van der Waals surface area contributed by atoms with Crippen LogP contribution in [0.1, 0.15) is 73.2 Å². The molecule has 0 amide bonds. The quantitative estimate of drug-likeness (QED) is 0.0661. The monoisotopic (exact) mass is 908 g/mol. The molecule has 0 saturated carbocycles. The number of nitrogens with zero attached hydrogens (tertiary/aromatic N) is 8. The van der Waals surface area contributed by atoms with Crippen molar-refractivity contribution in [3.63, 3.8) is 0 Å². The van der Waals surface area contributed by atoms with Gasteiger partial charge in [0, 0.05) is 42.4 Å². The first kappa shape index (κ1) is 44.0. The number of aromatic nitrogens is 6. The summed E-state index contributed by atoms with van der Waals surface area (Å²) in [7, 11) is 3.26. The lowest BCUT2D eigenvalue weighted by atomic mass is 9.94. The number of rotatable bonds is 12. The van der Waals surface area contributed by atoms with E-state index in [1.165, 1.54) is 30.9 Å². The molecule has 0 radical (unpaired) electrons. The normalized spacial score (nSPS) is 16.9. The molecule has 1 fully saturated rings. The Kier molecular flexibility index (Phi) is 12.2. The fourth-order valence-corrected chi connectivity index (χ4v) is 9.40. The van der Waals surface area contributed by atoms with Gasteiger partial charge in [0.25, 0.3) is 0 Å². The van der Waals surface area contributed by atoms with E-state index in [1.54, 1.807) is 31.4 Å². The molecule has 0 bridgehead atoms. The van der Waals surface area contributed by atoms with Crippen LogP contribution in [0.15, 0.2) is 84.3 Å². The zero-order chi connectivity index (χ0) is 45.6. The molecule has 2 aliphatic heterocycles. The second-order valence-electron chi connectivity index (χ2n) is 16.3. The maximum Gasteiger partial charge on any atom is 0.417 e. The van der Waals surface area contributed by atoms with Gasteiger partial charge in [0.1, 0.15) is 46.3 Å². The topological polar surface area (TPSA) is 113 Å². The molecule has 0 aliphatic carbocycles. The zero-order valence-corrected chi connectivity index (χ0v) is 37.6. The zero-order valence-electron chi connectivity index (χ0n) is 36.8. The van der Waals surface area contributed by atoms with Crippen LogP contribution in [-0.2, 0) is 24.0 Å². The van der Waals surface area contributed by atoms with Crippen LogP contribution < -0.4 is 24.0 Å².